The minimum atomic E-state index is -2.26. The summed E-state index contributed by atoms with van der Waals surface area (Å²) in [6.07, 6.45) is 0. The zero-order valence-corrected chi connectivity index (χ0v) is 10.4. The molecule has 0 saturated carbocycles. The monoisotopic (exact) mass is 194 g/mol. The van der Waals surface area contributed by atoms with E-state index in [1.807, 2.05) is 0 Å². The minimum absolute atomic E-state index is 0.112. The molecule has 68 valence electrons. The summed E-state index contributed by atoms with van der Waals surface area (Å²) in [5.41, 5.74) is 0. The molecule has 0 spiro atoms. The van der Waals surface area contributed by atoms with Crippen molar-refractivity contribution in [2.75, 3.05) is 21.3 Å². The van der Waals surface area contributed by atoms with Gasteiger partial charge >= 0.3 is 8.80 Å². The van der Waals surface area contributed by atoms with Crippen molar-refractivity contribution >= 4 is 18.3 Å². The number of hydrogen-bond donors (Lipinski definition) is 0. The molecule has 0 amide bonds. The summed E-state index contributed by atoms with van der Waals surface area (Å²) in [4.78, 5) is 0. The fourth-order valence-corrected chi connectivity index (χ4v) is 6.31. The first-order valence-electron chi connectivity index (χ1n) is 3.82. The van der Waals surface area contributed by atoms with Crippen LogP contribution >= 0.6 is 0 Å². The first-order valence-corrected chi connectivity index (χ1v) is 7.85. The van der Waals surface area contributed by atoms with Crippen LogP contribution in [-0.2, 0) is 13.3 Å². The van der Waals surface area contributed by atoms with Crippen molar-refractivity contribution in [1.82, 2.24) is 0 Å². The van der Waals surface area contributed by atoms with E-state index in [-0.39, 0.29) is 9.52 Å². The van der Waals surface area contributed by atoms with Gasteiger partial charge in [0.15, 0.2) is 0 Å². The van der Waals surface area contributed by atoms with Crippen molar-refractivity contribution in [3.63, 3.8) is 0 Å². The van der Waals surface area contributed by atoms with Gasteiger partial charge in [-0.1, -0.05) is 13.5 Å². The molecule has 0 saturated heterocycles. The largest absolute Gasteiger partial charge is 0.499 e. The van der Waals surface area contributed by atoms with Crippen LogP contribution in [0.4, 0.5) is 0 Å². The Hall–Kier alpha value is 0.314. The predicted molar refractivity (Wildman–Crippen MR) is 50.6 cm³/mol. The molecule has 1 unspecified atom stereocenters. The molecular formula is C6H18O3Si2. The van der Waals surface area contributed by atoms with Crippen molar-refractivity contribution in [1.29, 1.82) is 0 Å². The summed E-state index contributed by atoms with van der Waals surface area (Å²) >= 11 is 0. The van der Waals surface area contributed by atoms with Gasteiger partial charge in [-0.2, -0.15) is 0 Å². The Balaban J connectivity index is 4.26. The van der Waals surface area contributed by atoms with E-state index in [1.54, 1.807) is 21.3 Å². The highest BCUT2D eigenvalue weighted by Gasteiger charge is 2.43. The third-order valence-electron chi connectivity index (χ3n) is 2.07. The van der Waals surface area contributed by atoms with Crippen LogP contribution in [0.15, 0.2) is 0 Å². The SMILES string of the molecule is CO[Si](OC)(OC)C(C)[SiH2]C. The molecule has 11 heavy (non-hydrogen) atoms. The fraction of sp³-hybridized carbons (Fsp3) is 1.00. The molecule has 0 heterocycles. The van der Waals surface area contributed by atoms with Crippen LogP contribution in [0.3, 0.4) is 0 Å². The molecule has 5 heteroatoms. The Morgan fingerprint density at radius 1 is 1.09 bits per heavy atom. The molecule has 0 aliphatic rings. The maximum Gasteiger partial charge on any atom is 0.499 e. The number of rotatable bonds is 5. The summed E-state index contributed by atoms with van der Waals surface area (Å²) in [7, 11) is 2.63. The van der Waals surface area contributed by atoms with Gasteiger partial charge in [-0.3, -0.25) is 0 Å². The minimum Gasteiger partial charge on any atom is -0.377 e. The summed E-state index contributed by atoms with van der Waals surface area (Å²) in [6.45, 7) is 4.39. The van der Waals surface area contributed by atoms with Crippen LogP contribution in [-0.4, -0.2) is 39.7 Å². The normalized spacial score (nSPS) is 16.1. The highest BCUT2D eigenvalue weighted by molar-refractivity contribution is 6.73. The summed E-state index contributed by atoms with van der Waals surface area (Å²) in [6, 6.07) is 0. The van der Waals surface area contributed by atoms with Crippen LogP contribution < -0.4 is 0 Å². The third kappa shape index (κ3) is 2.38. The molecule has 0 aromatic heterocycles. The van der Waals surface area contributed by atoms with E-state index in [9.17, 15) is 0 Å². The highest BCUT2D eigenvalue weighted by atomic mass is 28.4. The van der Waals surface area contributed by atoms with Crippen LogP contribution in [0.2, 0.25) is 11.7 Å². The van der Waals surface area contributed by atoms with Gasteiger partial charge in [0.1, 0.15) is 0 Å². The zero-order chi connectivity index (χ0) is 8.91. The Kier molecular flexibility index (Phi) is 5.19. The van der Waals surface area contributed by atoms with Crippen molar-refractivity contribution < 1.29 is 13.3 Å². The topological polar surface area (TPSA) is 27.7 Å². The van der Waals surface area contributed by atoms with Crippen molar-refractivity contribution in [2.24, 2.45) is 0 Å². The molecule has 0 aliphatic carbocycles. The van der Waals surface area contributed by atoms with Gasteiger partial charge in [0, 0.05) is 36.0 Å². The molecule has 0 N–H and O–H groups in total. The lowest BCUT2D eigenvalue weighted by molar-refractivity contribution is 0.121. The lowest BCUT2D eigenvalue weighted by atomic mass is 10.9. The first kappa shape index (κ1) is 11.3. The second-order valence-corrected chi connectivity index (χ2v) is 8.80. The van der Waals surface area contributed by atoms with Crippen LogP contribution in [0.5, 0.6) is 0 Å². The van der Waals surface area contributed by atoms with Crippen LogP contribution in [0.25, 0.3) is 0 Å². The van der Waals surface area contributed by atoms with Crippen molar-refractivity contribution in [3.8, 4) is 0 Å². The van der Waals surface area contributed by atoms with E-state index in [0.717, 1.165) is 0 Å². The standard InChI is InChI=1S/C6H18O3Si2/c1-6(10-5)11(7-2,8-3)9-4/h6H,10H2,1-5H3. The predicted octanol–water partition coefficient (Wildman–Crippen LogP) is 0.429. The van der Waals surface area contributed by atoms with Gasteiger partial charge < -0.3 is 13.3 Å². The Morgan fingerprint density at radius 2 is 1.45 bits per heavy atom. The molecule has 0 fully saturated rings. The van der Waals surface area contributed by atoms with E-state index < -0.39 is 8.80 Å². The van der Waals surface area contributed by atoms with Gasteiger partial charge in [0.05, 0.1) is 0 Å². The third-order valence-corrected chi connectivity index (χ3v) is 8.93. The van der Waals surface area contributed by atoms with Crippen LogP contribution in [0, 0.1) is 0 Å². The average molecular weight is 194 g/mol. The summed E-state index contributed by atoms with van der Waals surface area (Å²) < 4.78 is 16.0. The van der Waals surface area contributed by atoms with Crippen LogP contribution in [0.1, 0.15) is 6.92 Å². The molecule has 1 atom stereocenters. The Bertz CT molecular complexity index is 97.7. The molecule has 0 aromatic carbocycles. The van der Waals surface area contributed by atoms with E-state index >= 15 is 0 Å². The molecular weight excluding hydrogens is 176 g/mol. The average Bonchev–Trinajstić information content (AvgIpc) is 2.08. The maximum absolute atomic E-state index is 5.32. The highest BCUT2D eigenvalue weighted by Crippen LogP contribution is 2.21. The molecule has 3 nitrogen and oxygen atoms in total. The van der Waals surface area contributed by atoms with Crippen molar-refractivity contribution in [3.05, 3.63) is 0 Å². The zero-order valence-electron chi connectivity index (χ0n) is 8.01. The fourth-order valence-electron chi connectivity index (χ4n) is 1.10. The van der Waals surface area contributed by atoms with E-state index in [4.69, 9.17) is 13.3 Å². The summed E-state index contributed by atoms with van der Waals surface area (Å²) in [5, 5.41) is 0.502. The lowest BCUT2D eigenvalue weighted by Crippen LogP contribution is -2.48. The van der Waals surface area contributed by atoms with Gasteiger partial charge in [-0.15, -0.1) is 0 Å². The quantitative estimate of drug-likeness (QED) is 0.594. The summed E-state index contributed by atoms with van der Waals surface area (Å²) in [5.74, 6) is 0. The van der Waals surface area contributed by atoms with Gasteiger partial charge in [0.25, 0.3) is 0 Å². The van der Waals surface area contributed by atoms with E-state index in [0.29, 0.717) is 5.16 Å². The van der Waals surface area contributed by atoms with Crippen molar-refractivity contribution in [2.45, 2.75) is 18.6 Å². The maximum atomic E-state index is 5.32. The lowest BCUT2D eigenvalue weighted by Gasteiger charge is -2.29. The molecule has 0 bridgehead atoms. The van der Waals surface area contributed by atoms with E-state index in [1.165, 1.54) is 0 Å². The molecule has 0 aromatic rings. The Morgan fingerprint density at radius 3 is 1.55 bits per heavy atom. The second kappa shape index (κ2) is 5.05. The molecule has 0 aliphatic heterocycles. The molecule has 0 rings (SSSR count). The second-order valence-electron chi connectivity index (χ2n) is 2.53. The molecule has 0 radical (unpaired) electrons. The smallest absolute Gasteiger partial charge is 0.377 e. The van der Waals surface area contributed by atoms with E-state index in [2.05, 4.69) is 13.5 Å². The van der Waals surface area contributed by atoms with Gasteiger partial charge in [0.2, 0.25) is 0 Å². The number of hydrogen-bond acceptors (Lipinski definition) is 3. The van der Waals surface area contributed by atoms with Gasteiger partial charge in [-0.05, 0) is 0 Å². The first-order chi connectivity index (χ1) is 5.16. The van der Waals surface area contributed by atoms with Gasteiger partial charge in [-0.25, -0.2) is 0 Å². The Labute approximate surface area is 72.2 Å².